The molecule has 10 fully saturated rings. The van der Waals surface area contributed by atoms with Crippen molar-refractivity contribution in [2.24, 2.45) is 66.9 Å². The van der Waals surface area contributed by atoms with Crippen molar-refractivity contribution in [3.63, 3.8) is 0 Å². The Morgan fingerprint density at radius 2 is 0.657 bits per heavy atom. The van der Waals surface area contributed by atoms with E-state index in [0.717, 1.165) is 29.5 Å². The van der Waals surface area contributed by atoms with Gasteiger partial charge in [-0.1, -0.05) is 97.9 Å². The maximum atomic E-state index is 12.2. The molecule has 10 aromatic heterocycles. The average molecular weight is 2070 g/mol. The number of carbonyl (C=O) groups excluding carboxylic acids is 5. The molecule has 0 amide bonds. The number of aryl methyl sites for hydroxylation is 3. The molecule has 0 saturated heterocycles. The predicted molar refractivity (Wildman–Crippen MR) is 529 cm³/mol. The van der Waals surface area contributed by atoms with Crippen molar-refractivity contribution in [2.75, 3.05) is 52.8 Å². The largest absolute Gasteiger partial charge is 0.389 e. The first-order chi connectivity index (χ1) is 68.1. The summed E-state index contributed by atoms with van der Waals surface area (Å²) < 4.78 is 9.26. The maximum absolute atomic E-state index is 12.2. The number of aliphatic hydroxyl groups excluding tert-OH is 10. The normalized spacial score (nSPS) is 30.4. The van der Waals surface area contributed by atoms with Gasteiger partial charge in [-0.3, -0.25) is 24.0 Å². The minimum absolute atomic E-state index is 0. The fraction of sp³-hybridized carbons (Fsp3) is 0.500. The number of hydrogen-bond acceptors (Lipinski definition) is 37. The first kappa shape index (κ1) is 99.8. The lowest BCUT2D eigenvalue weighted by Crippen LogP contribution is -2.36. The molecular formula is C96H112IN31O15. The van der Waals surface area contributed by atoms with Crippen molar-refractivity contribution < 1.29 is 75.0 Å². The van der Waals surface area contributed by atoms with Crippen LogP contribution in [0.25, 0.3) is 76.7 Å². The third-order valence-corrected chi connectivity index (χ3v) is 31.6. The van der Waals surface area contributed by atoms with Gasteiger partial charge in [0.1, 0.15) is 93.2 Å². The number of hydrogen-bond donors (Lipinski definition) is 15. The number of fused-ring (bicyclic) bond motifs is 10. The van der Waals surface area contributed by atoms with Crippen LogP contribution in [0, 0.1) is 81.3 Å². The summed E-state index contributed by atoms with van der Waals surface area (Å²) in [6.45, 7) is 20.1. The van der Waals surface area contributed by atoms with E-state index in [0.29, 0.717) is 165 Å². The van der Waals surface area contributed by atoms with Gasteiger partial charge in [0.2, 0.25) is 11.9 Å². The van der Waals surface area contributed by atoms with Crippen molar-refractivity contribution >= 4 is 148 Å². The Kier molecular flexibility index (Phi) is 26.8. The number of nitrogens with one attached hydrogen (secondary N) is 5. The minimum Gasteiger partial charge on any atom is -0.389 e. The number of anilines is 5. The summed E-state index contributed by atoms with van der Waals surface area (Å²) in [5, 5.41) is 129. The zero-order valence-electron chi connectivity index (χ0n) is 79.0. The van der Waals surface area contributed by atoms with Crippen LogP contribution < -0.4 is 26.6 Å². The highest BCUT2D eigenvalue weighted by molar-refractivity contribution is 14.1. The Hall–Kier alpha value is -13.3. The summed E-state index contributed by atoms with van der Waals surface area (Å²) in [4.78, 5) is 132. The number of carbonyl (C=O) groups is 5. The lowest BCUT2D eigenvalue weighted by molar-refractivity contribution is -0.128. The molecule has 0 radical (unpaired) electrons. The second-order valence-corrected chi connectivity index (χ2v) is 39.7. The van der Waals surface area contributed by atoms with E-state index in [1.165, 1.54) is 52.8 Å². The molecule has 10 aliphatic rings. The Labute approximate surface area is 830 Å². The van der Waals surface area contributed by atoms with Gasteiger partial charge in [0, 0.05) is 65.1 Å². The zero-order valence-corrected chi connectivity index (χ0v) is 81.2. The third-order valence-electron chi connectivity index (χ3n) is 31.1. The van der Waals surface area contributed by atoms with Crippen molar-refractivity contribution in [1.29, 1.82) is 0 Å². The van der Waals surface area contributed by atoms with Gasteiger partial charge in [0.25, 0.3) is 0 Å². The van der Waals surface area contributed by atoms with E-state index in [2.05, 4.69) is 156 Å². The molecular weight excluding hydrogens is 1950 g/mol. The van der Waals surface area contributed by atoms with Crippen LogP contribution >= 0.6 is 22.6 Å². The SMILES string of the molecule is C.CC(=O)[C@@]12CC1[C@@H](n1cnc3c(NCCc4ccccc4)nc(I)nc31)[C@H](O)C2O.CC(=O)[C@@]12CC1[C@@H](n1cnc3c(NCCc4ccccc4)nc(N=[N+]=[N-])nc31)[C@H](O)C2O.CC(=O)[C@@]12CC1[C@@H](n1cnc3c(NCc4cccc(C)c4)nc(N=[N+]=[N-])nc31)[C@H](O)C2O.CCNc1nc(C)nc2c1ncn2[C@@H]1C2C[C@@]2(C(C)=O)C(O)[C@H]1O.CCNc1nc(C)nc2c1ncn2[C@@H]1C2C[C@@]2(C(C)=O)C(O)[C@H]1O. The topological polar surface area (TPSA) is 663 Å². The molecule has 0 bridgehead atoms. The average Bonchev–Trinajstić information content (AvgIpc) is 1.53. The number of aromatic nitrogens is 20. The van der Waals surface area contributed by atoms with Gasteiger partial charge in [-0.25, -0.2) is 74.8 Å². The molecule has 10 heterocycles. The molecule has 23 rings (SSSR count). The third kappa shape index (κ3) is 16.7. The fourth-order valence-electron chi connectivity index (χ4n) is 23.8. The Balaban J connectivity index is 0.000000118. The first-order valence-electron chi connectivity index (χ1n) is 47.2. The number of Topliss-reactive ketones (excluding diaryl/α,β-unsaturated/α-hetero) is 5. The van der Waals surface area contributed by atoms with Crippen LogP contribution in [0.15, 0.2) is 127 Å². The van der Waals surface area contributed by atoms with Gasteiger partial charge in [0.05, 0.1) is 119 Å². The molecule has 10 saturated carbocycles. The first-order valence-corrected chi connectivity index (χ1v) is 48.3. The minimum atomic E-state index is -1.15. The highest BCUT2D eigenvalue weighted by Crippen LogP contribution is 2.73. The molecule has 0 spiro atoms. The van der Waals surface area contributed by atoms with Gasteiger partial charge in [-0.15, -0.1) is 0 Å². The zero-order chi connectivity index (χ0) is 101. The van der Waals surface area contributed by atoms with Gasteiger partial charge in [-0.05, 0) is 182 Å². The summed E-state index contributed by atoms with van der Waals surface area (Å²) in [5.41, 5.74) is 23.4. The number of imidazole rings is 5. The maximum Gasteiger partial charge on any atom is 0.220 e. The fourth-order valence-corrected chi connectivity index (χ4v) is 24.2. The van der Waals surface area contributed by atoms with E-state index in [-0.39, 0.29) is 77.8 Å². The molecule has 47 heteroatoms. The number of aliphatic hydroxyl groups is 10. The highest BCUT2D eigenvalue weighted by atomic mass is 127. The predicted octanol–water partition coefficient (Wildman–Crippen LogP) is 8.32. The Morgan fingerprint density at radius 3 is 0.944 bits per heavy atom. The summed E-state index contributed by atoms with van der Waals surface area (Å²) >= 11 is 2.06. The molecule has 13 aromatic rings. The standard InChI is InChI=1S/C21H22IN5O3.2C21H22N8O3.2C16H21N5O3.CH4/c1-11(28)21-9-13(21)15(16(29)17(21)30)27-10-24-14-18(25-20(22)26-19(14)27)23-8-7-12-5-3-2-4-6-12;1-10-4-3-5-12(6-10)8-23-18-14-19(26-20(25-18)27-28-22)29(9-24-14)15-13-7-21(13,11(2)30)17(32)16(15)31;1-11(30)21-9-13(21)15(16(31)17(21)32)29-10-24-14-18(25-20(27-28-22)26-19(14)29)23-8-7-12-5-3-2-4-6-12;2*1-4-17-14-10-15(20-8(3)19-14)21(6-18-10)11-9-5-16(9,7(2)22)13(24)12(11)23;/h2-6,10,13,15-17,29-30H,7-9H2,1H3,(H,23,25,26);3-6,9,13,15-17,31-32H,7-8H2,1-2H3,(H,23,25,26);2-6,10,13,15-17,31-32H,7-9H2,1H3,(H,23,25,26);2*6,9,11-13,23-24H,4-5H2,1-3H3,(H,17,19,20);1H4/t3*13?,15-,16+,17?,21+;2*9?,11-,12+,13?,16+;/m11111./s1. The van der Waals surface area contributed by atoms with Crippen LogP contribution in [0.2, 0.25) is 0 Å². The number of azide groups is 2. The monoisotopic (exact) mass is 2070 g/mol. The number of benzene rings is 3. The van der Waals surface area contributed by atoms with Crippen molar-refractivity contribution in [1.82, 2.24) is 97.6 Å². The van der Waals surface area contributed by atoms with E-state index in [1.54, 1.807) is 55.7 Å². The summed E-state index contributed by atoms with van der Waals surface area (Å²) in [5.74, 6) is 2.59. The van der Waals surface area contributed by atoms with Gasteiger partial charge < -0.3 is 100 Å². The van der Waals surface area contributed by atoms with E-state index >= 15 is 0 Å². The van der Waals surface area contributed by atoms with Crippen LogP contribution in [0.3, 0.4) is 0 Å². The molecule has 10 aliphatic carbocycles. The summed E-state index contributed by atoms with van der Waals surface area (Å²) in [6, 6.07) is 25.8. The van der Waals surface area contributed by atoms with Gasteiger partial charge >= 0.3 is 0 Å². The lowest BCUT2D eigenvalue weighted by Gasteiger charge is -2.23. The molecule has 15 N–H and O–H groups in total. The molecule has 46 nitrogen and oxygen atoms in total. The van der Waals surface area contributed by atoms with Gasteiger partial charge in [0.15, 0.2) is 66.7 Å². The second kappa shape index (κ2) is 38.4. The van der Waals surface area contributed by atoms with Crippen molar-refractivity contribution in [2.45, 2.75) is 219 Å². The Morgan fingerprint density at radius 1 is 0.378 bits per heavy atom. The molecule has 10 unspecified atom stereocenters. The molecule has 748 valence electrons. The molecule has 25 atom stereocenters. The van der Waals surface area contributed by atoms with Gasteiger partial charge in [-0.2, -0.15) is 0 Å². The number of ketones is 5. The van der Waals surface area contributed by atoms with E-state index in [1.807, 2.05) is 93.6 Å². The van der Waals surface area contributed by atoms with E-state index in [9.17, 15) is 75.0 Å². The molecule has 3 aromatic carbocycles. The van der Waals surface area contributed by atoms with E-state index in [4.69, 9.17) is 11.1 Å². The summed E-state index contributed by atoms with van der Waals surface area (Å²) in [6.07, 6.45) is 1.50. The van der Waals surface area contributed by atoms with Crippen molar-refractivity contribution in [3.05, 3.63) is 175 Å². The lowest BCUT2D eigenvalue weighted by atomic mass is 9.95. The molecule has 0 aliphatic heterocycles. The summed E-state index contributed by atoms with van der Waals surface area (Å²) in [7, 11) is 0. The molecule has 143 heavy (non-hydrogen) atoms. The van der Waals surface area contributed by atoms with Crippen LogP contribution in [0.5, 0.6) is 0 Å². The second-order valence-electron chi connectivity index (χ2n) is 38.7. The van der Waals surface area contributed by atoms with Crippen LogP contribution in [-0.4, -0.2) is 265 Å². The van der Waals surface area contributed by atoms with Crippen LogP contribution in [-0.2, 0) is 43.4 Å². The highest BCUT2D eigenvalue weighted by Gasteiger charge is 2.78. The smallest absolute Gasteiger partial charge is 0.220 e. The van der Waals surface area contributed by atoms with Crippen molar-refractivity contribution in [3.8, 4) is 0 Å². The number of halogens is 1. The number of rotatable bonds is 27. The van der Waals surface area contributed by atoms with Crippen LogP contribution in [0.1, 0.15) is 152 Å². The van der Waals surface area contributed by atoms with E-state index < -0.39 is 118 Å². The van der Waals surface area contributed by atoms with Crippen LogP contribution in [0.4, 0.5) is 41.0 Å². The number of nitrogens with zero attached hydrogens (tertiary/aromatic N) is 26. The quantitative estimate of drug-likeness (QED) is 0.00756. The Bertz CT molecular complexity index is 7120.